The summed E-state index contributed by atoms with van der Waals surface area (Å²) in [6.45, 7) is 4.75. The number of anilines is 1. The van der Waals surface area contributed by atoms with Crippen molar-refractivity contribution in [3.05, 3.63) is 30.1 Å². The highest BCUT2D eigenvalue weighted by atomic mass is 16.2. The standard InChI is InChI=1S/C20H24N6O/c1-13-9-15(25-20(27)16-3-2-6-22-16)12-26(11-13)17-5-4-14(10-21)18-19(17)24-8-7-23-18/h4-5,7-8,13,15-16,22H,2-3,6,9,11-12H2,1H3,(H,25,27)/t13-,15+,16+/m0/s1. The van der Waals surface area contributed by atoms with Crippen LogP contribution in [0.5, 0.6) is 0 Å². The molecule has 2 saturated heterocycles. The minimum Gasteiger partial charge on any atom is -0.367 e. The lowest BCUT2D eigenvalue weighted by Crippen LogP contribution is -2.53. The molecule has 7 heteroatoms. The number of nitriles is 1. The lowest BCUT2D eigenvalue weighted by molar-refractivity contribution is -0.123. The number of amides is 1. The molecule has 2 fully saturated rings. The molecule has 0 spiro atoms. The zero-order valence-electron chi connectivity index (χ0n) is 15.5. The summed E-state index contributed by atoms with van der Waals surface area (Å²) in [7, 11) is 0. The average Bonchev–Trinajstić information content (AvgIpc) is 3.21. The maximum Gasteiger partial charge on any atom is 0.237 e. The predicted molar refractivity (Wildman–Crippen MR) is 103 cm³/mol. The van der Waals surface area contributed by atoms with E-state index in [0.717, 1.165) is 50.1 Å². The molecule has 27 heavy (non-hydrogen) atoms. The number of hydrogen-bond acceptors (Lipinski definition) is 6. The minimum absolute atomic E-state index is 0.0581. The Bertz CT molecular complexity index is 886. The van der Waals surface area contributed by atoms with Crippen LogP contribution in [0.2, 0.25) is 0 Å². The monoisotopic (exact) mass is 364 g/mol. The molecule has 0 unspecified atom stereocenters. The fourth-order valence-electron chi connectivity index (χ4n) is 4.25. The first-order valence-electron chi connectivity index (χ1n) is 9.58. The van der Waals surface area contributed by atoms with Crippen LogP contribution in [0.3, 0.4) is 0 Å². The molecule has 0 radical (unpaired) electrons. The minimum atomic E-state index is -0.0581. The predicted octanol–water partition coefficient (Wildman–Crippen LogP) is 1.58. The van der Waals surface area contributed by atoms with E-state index in [4.69, 9.17) is 0 Å². The average molecular weight is 364 g/mol. The van der Waals surface area contributed by atoms with E-state index >= 15 is 0 Å². The normalized spacial score (nSPS) is 25.3. The van der Waals surface area contributed by atoms with Gasteiger partial charge in [0.25, 0.3) is 0 Å². The molecule has 0 aliphatic carbocycles. The molecule has 140 valence electrons. The molecular formula is C20H24N6O. The van der Waals surface area contributed by atoms with Crippen molar-refractivity contribution < 1.29 is 4.79 Å². The second-order valence-electron chi connectivity index (χ2n) is 7.60. The van der Waals surface area contributed by atoms with Gasteiger partial charge < -0.3 is 15.5 Å². The Labute approximate surface area is 158 Å². The third-order valence-corrected chi connectivity index (χ3v) is 5.45. The van der Waals surface area contributed by atoms with Gasteiger partial charge in [-0.15, -0.1) is 0 Å². The van der Waals surface area contributed by atoms with E-state index in [-0.39, 0.29) is 18.0 Å². The van der Waals surface area contributed by atoms with Gasteiger partial charge in [-0.2, -0.15) is 5.26 Å². The summed E-state index contributed by atoms with van der Waals surface area (Å²) in [6.07, 6.45) is 6.21. The Balaban J connectivity index is 1.57. The number of nitrogens with zero attached hydrogens (tertiary/aromatic N) is 4. The highest BCUT2D eigenvalue weighted by Crippen LogP contribution is 2.30. The third kappa shape index (κ3) is 3.58. The van der Waals surface area contributed by atoms with E-state index in [1.165, 1.54) is 0 Å². The van der Waals surface area contributed by atoms with Gasteiger partial charge in [0.15, 0.2) is 0 Å². The van der Waals surface area contributed by atoms with E-state index < -0.39 is 0 Å². The smallest absolute Gasteiger partial charge is 0.237 e. The van der Waals surface area contributed by atoms with Gasteiger partial charge >= 0.3 is 0 Å². The Morgan fingerprint density at radius 3 is 2.85 bits per heavy atom. The van der Waals surface area contributed by atoms with Crippen LogP contribution in [-0.2, 0) is 4.79 Å². The Kier molecular flexibility index (Phi) is 4.90. The van der Waals surface area contributed by atoms with Crippen LogP contribution in [0.1, 0.15) is 31.7 Å². The molecule has 3 atom stereocenters. The van der Waals surface area contributed by atoms with E-state index in [1.54, 1.807) is 12.4 Å². The number of rotatable bonds is 3. The molecule has 1 amide bonds. The van der Waals surface area contributed by atoms with Crippen molar-refractivity contribution in [1.29, 1.82) is 5.26 Å². The summed E-state index contributed by atoms with van der Waals surface area (Å²) in [4.78, 5) is 23.6. The SMILES string of the molecule is C[C@H]1C[C@@H](NC(=O)[C@H]2CCCN2)CN(c2ccc(C#N)c3nccnc23)C1. The van der Waals surface area contributed by atoms with E-state index in [9.17, 15) is 10.1 Å². The van der Waals surface area contributed by atoms with Crippen molar-refractivity contribution >= 4 is 22.6 Å². The first-order valence-corrected chi connectivity index (χ1v) is 9.58. The molecule has 3 heterocycles. The van der Waals surface area contributed by atoms with E-state index in [1.807, 2.05) is 12.1 Å². The van der Waals surface area contributed by atoms with Crippen molar-refractivity contribution in [2.45, 2.75) is 38.3 Å². The highest BCUT2D eigenvalue weighted by Gasteiger charge is 2.30. The summed E-state index contributed by atoms with van der Waals surface area (Å²) < 4.78 is 0. The number of hydrogen-bond donors (Lipinski definition) is 2. The lowest BCUT2D eigenvalue weighted by atomic mass is 9.94. The topological polar surface area (TPSA) is 93.9 Å². The molecule has 2 aliphatic heterocycles. The lowest BCUT2D eigenvalue weighted by Gasteiger charge is -2.38. The third-order valence-electron chi connectivity index (χ3n) is 5.45. The van der Waals surface area contributed by atoms with Crippen LogP contribution < -0.4 is 15.5 Å². The van der Waals surface area contributed by atoms with Crippen LogP contribution in [0.15, 0.2) is 24.5 Å². The van der Waals surface area contributed by atoms with Gasteiger partial charge in [-0.1, -0.05) is 6.92 Å². The highest BCUT2D eigenvalue weighted by molar-refractivity contribution is 5.92. The largest absolute Gasteiger partial charge is 0.367 e. The van der Waals surface area contributed by atoms with Crippen LogP contribution in [0, 0.1) is 17.2 Å². The fraction of sp³-hybridized carbons (Fsp3) is 0.500. The number of fused-ring (bicyclic) bond motifs is 1. The van der Waals surface area contributed by atoms with Crippen LogP contribution in [-0.4, -0.2) is 47.6 Å². The van der Waals surface area contributed by atoms with Gasteiger partial charge in [0.2, 0.25) is 5.91 Å². The molecule has 2 aliphatic rings. The molecular weight excluding hydrogens is 340 g/mol. The first kappa shape index (κ1) is 17.7. The second-order valence-corrected chi connectivity index (χ2v) is 7.60. The molecule has 0 bridgehead atoms. The van der Waals surface area contributed by atoms with E-state index in [0.29, 0.717) is 17.0 Å². The summed E-state index contributed by atoms with van der Waals surface area (Å²) in [6, 6.07) is 5.99. The maximum absolute atomic E-state index is 12.5. The molecule has 1 aromatic heterocycles. The molecule has 2 N–H and O–H groups in total. The molecule has 7 nitrogen and oxygen atoms in total. The van der Waals surface area contributed by atoms with Gasteiger partial charge in [-0.05, 0) is 43.9 Å². The quantitative estimate of drug-likeness (QED) is 0.859. The number of carbonyl (C=O) groups excluding carboxylic acids is 1. The number of carbonyl (C=O) groups is 1. The second kappa shape index (κ2) is 7.49. The van der Waals surface area contributed by atoms with Gasteiger partial charge in [0.05, 0.1) is 17.3 Å². The molecule has 2 aromatic rings. The summed E-state index contributed by atoms with van der Waals surface area (Å²) in [5.41, 5.74) is 2.88. The maximum atomic E-state index is 12.5. The number of piperidine rings is 1. The van der Waals surface area contributed by atoms with Crippen molar-refractivity contribution in [2.24, 2.45) is 5.92 Å². The van der Waals surface area contributed by atoms with Gasteiger partial charge in [-0.25, -0.2) is 0 Å². The molecule has 4 rings (SSSR count). The van der Waals surface area contributed by atoms with Crippen LogP contribution in [0.4, 0.5) is 5.69 Å². The zero-order chi connectivity index (χ0) is 18.8. The van der Waals surface area contributed by atoms with Crippen molar-refractivity contribution in [2.75, 3.05) is 24.5 Å². The number of nitrogens with one attached hydrogen (secondary N) is 2. The van der Waals surface area contributed by atoms with Crippen LogP contribution in [0.25, 0.3) is 11.0 Å². The Morgan fingerprint density at radius 1 is 1.30 bits per heavy atom. The number of benzene rings is 1. The molecule has 0 saturated carbocycles. The summed E-state index contributed by atoms with van der Waals surface area (Å²) >= 11 is 0. The van der Waals surface area contributed by atoms with Gasteiger partial charge in [-0.3, -0.25) is 14.8 Å². The summed E-state index contributed by atoms with van der Waals surface area (Å²) in [5, 5.41) is 15.8. The Morgan fingerprint density at radius 2 is 2.11 bits per heavy atom. The first-order chi connectivity index (χ1) is 13.2. The number of aromatic nitrogens is 2. The van der Waals surface area contributed by atoms with Crippen molar-refractivity contribution in [3.63, 3.8) is 0 Å². The van der Waals surface area contributed by atoms with Crippen molar-refractivity contribution in [1.82, 2.24) is 20.6 Å². The van der Waals surface area contributed by atoms with Gasteiger partial charge in [0.1, 0.15) is 17.1 Å². The zero-order valence-corrected chi connectivity index (χ0v) is 15.5. The van der Waals surface area contributed by atoms with Crippen LogP contribution >= 0.6 is 0 Å². The fourth-order valence-corrected chi connectivity index (χ4v) is 4.25. The van der Waals surface area contributed by atoms with E-state index in [2.05, 4.69) is 38.5 Å². The molecule has 1 aromatic carbocycles. The summed E-state index contributed by atoms with van der Waals surface area (Å²) in [5.74, 6) is 0.555. The van der Waals surface area contributed by atoms with Crippen molar-refractivity contribution in [3.8, 4) is 6.07 Å². The van der Waals surface area contributed by atoms with Gasteiger partial charge in [0, 0.05) is 31.5 Å². The Hall–Kier alpha value is -2.72.